The van der Waals surface area contributed by atoms with Crippen LogP contribution in [0.4, 0.5) is 5.69 Å². The molecule has 1 aliphatic rings. The number of pyridine rings is 1. The van der Waals surface area contributed by atoms with Crippen molar-refractivity contribution in [2.24, 2.45) is 0 Å². The fourth-order valence-corrected chi connectivity index (χ4v) is 2.85. The Hall–Kier alpha value is -2.42. The second-order valence-corrected chi connectivity index (χ2v) is 5.73. The van der Waals surface area contributed by atoms with E-state index in [2.05, 4.69) is 14.8 Å². The number of hydrogen-bond acceptors (Lipinski definition) is 5. The van der Waals surface area contributed by atoms with E-state index in [0.29, 0.717) is 12.2 Å². The molecule has 0 bridgehead atoms. The summed E-state index contributed by atoms with van der Waals surface area (Å²) in [5.74, 6) is 0. The highest BCUT2D eigenvalue weighted by atomic mass is 16.3. The number of β-amino-alcohol motifs (C(OH)–C–C–N with tert-alkyl or cyclic N) is 1. The van der Waals surface area contributed by atoms with Gasteiger partial charge in [0.15, 0.2) is 0 Å². The molecule has 1 saturated heterocycles. The summed E-state index contributed by atoms with van der Waals surface area (Å²) in [4.78, 5) is 8.67. The Morgan fingerprint density at radius 2 is 1.83 bits per heavy atom. The normalized spacial score (nSPS) is 16.8. The third-order valence-corrected chi connectivity index (χ3v) is 4.22. The van der Waals surface area contributed by atoms with Gasteiger partial charge in [0.2, 0.25) is 0 Å². The fraction of sp³-hybridized carbons (Fsp3) is 0.333. The summed E-state index contributed by atoms with van der Waals surface area (Å²) < 4.78 is 0. The Bertz CT molecular complexity index is 658. The van der Waals surface area contributed by atoms with Gasteiger partial charge in [-0.15, -0.1) is 0 Å². The molecule has 5 heteroatoms. The molecule has 2 aromatic rings. The molecule has 1 aliphatic heterocycles. The first-order chi connectivity index (χ1) is 11.3. The van der Waals surface area contributed by atoms with E-state index in [1.807, 2.05) is 42.5 Å². The molecule has 0 amide bonds. The summed E-state index contributed by atoms with van der Waals surface area (Å²) in [6.07, 6.45) is 1.31. The second-order valence-electron chi connectivity index (χ2n) is 5.73. The lowest BCUT2D eigenvalue weighted by molar-refractivity contribution is 0.109. The van der Waals surface area contributed by atoms with Crippen molar-refractivity contribution in [2.75, 3.05) is 37.6 Å². The van der Waals surface area contributed by atoms with Gasteiger partial charge >= 0.3 is 0 Å². The molecule has 1 atom stereocenters. The molecule has 3 rings (SSSR count). The number of anilines is 1. The average molecular weight is 308 g/mol. The monoisotopic (exact) mass is 308 g/mol. The minimum absolute atomic E-state index is 0.443. The summed E-state index contributed by atoms with van der Waals surface area (Å²) >= 11 is 0. The molecule has 118 valence electrons. The molecule has 2 heterocycles. The zero-order chi connectivity index (χ0) is 16.1. The van der Waals surface area contributed by atoms with Crippen molar-refractivity contribution in [3.63, 3.8) is 0 Å². The quantitative estimate of drug-likeness (QED) is 0.933. The molecule has 0 saturated carbocycles. The van der Waals surface area contributed by atoms with E-state index in [1.165, 1.54) is 0 Å². The highest BCUT2D eigenvalue weighted by Gasteiger charge is 2.20. The highest BCUT2D eigenvalue weighted by Crippen LogP contribution is 2.18. The van der Waals surface area contributed by atoms with Crippen LogP contribution in [0.5, 0.6) is 0 Å². The van der Waals surface area contributed by atoms with Crippen LogP contribution in [0.2, 0.25) is 0 Å². The minimum Gasteiger partial charge on any atom is -0.387 e. The molecule has 1 aromatic heterocycles. The Morgan fingerprint density at radius 3 is 2.43 bits per heavy atom. The predicted molar refractivity (Wildman–Crippen MR) is 89.0 cm³/mol. The Kier molecular flexibility index (Phi) is 4.86. The molecular weight excluding hydrogens is 288 g/mol. The summed E-state index contributed by atoms with van der Waals surface area (Å²) in [6, 6.07) is 15.5. The number of aliphatic hydroxyl groups excluding tert-OH is 1. The lowest BCUT2D eigenvalue weighted by atomic mass is 10.1. The van der Waals surface area contributed by atoms with Crippen LogP contribution in [0.25, 0.3) is 0 Å². The summed E-state index contributed by atoms with van der Waals surface area (Å²) in [5.41, 5.74) is 2.46. The van der Waals surface area contributed by atoms with E-state index in [1.54, 1.807) is 12.3 Å². The van der Waals surface area contributed by atoms with Gasteiger partial charge in [-0.05, 0) is 17.7 Å². The van der Waals surface area contributed by atoms with Crippen LogP contribution in [0.3, 0.4) is 0 Å². The zero-order valence-electron chi connectivity index (χ0n) is 13.0. The van der Waals surface area contributed by atoms with Crippen molar-refractivity contribution >= 4 is 5.69 Å². The van der Waals surface area contributed by atoms with E-state index >= 15 is 0 Å². The molecule has 1 N–H and O–H groups in total. The Morgan fingerprint density at radius 1 is 1.09 bits per heavy atom. The summed E-state index contributed by atoms with van der Waals surface area (Å²) in [6.45, 7) is 4.27. The van der Waals surface area contributed by atoms with Crippen LogP contribution in [-0.2, 0) is 0 Å². The number of benzene rings is 1. The van der Waals surface area contributed by atoms with Crippen LogP contribution in [0.1, 0.15) is 17.4 Å². The van der Waals surface area contributed by atoms with Gasteiger partial charge in [-0.25, -0.2) is 4.98 Å². The minimum atomic E-state index is -0.445. The van der Waals surface area contributed by atoms with Gasteiger partial charge in [-0.3, -0.25) is 4.90 Å². The van der Waals surface area contributed by atoms with Gasteiger partial charge < -0.3 is 10.0 Å². The van der Waals surface area contributed by atoms with Crippen LogP contribution in [-0.4, -0.2) is 47.7 Å². The van der Waals surface area contributed by atoms with Crippen molar-refractivity contribution in [1.29, 1.82) is 5.26 Å². The lowest BCUT2D eigenvalue weighted by Gasteiger charge is -2.36. The largest absolute Gasteiger partial charge is 0.387 e. The predicted octanol–water partition coefficient (Wildman–Crippen LogP) is 1.81. The van der Waals surface area contributed by atoms with Crippen molar-refractivity contribution in [3.8, 4) is 6.07 Å². The number of hydrogen-bond donors (Lipinski definition) is 1. The Labute approximate surface area is 136 Å². The topological polar surface area (TPSA) is 63.4 Å². The molecule has 23 heavy (non-hydrogen) atoms. The SMILES string of the molecule is N#Cc1ccc(N2CCN(CC(O)c3ccccc3)CC2)cn1. The number of aromatic nitrogens is 1. The van der Waals surface area contributed by atoms with Crippen LogP contribution < -0.4 is 4.90 Å². The summed E-state index contributed by atoms with van der Waals surface area (Å²) in [7, 11) is 0. The van der Waals surface area contributed by atoms with Crippen molar-refractivity contribution in [3.05, 3.63) is 59.9 Å². The van der Waals surface area contributed by atoms with Crippen molar-refractivity contribution < 1.29 is 5.11 Å². The maximum absolute atomic E-state index is 10.3. The molecule has 1 fully saturated rings. The van der Waals surface area contributed by atoms with E-state index in [9.17, 15) is 5.11 Å². The van der Waals surface area contributed by atoms with Crippen molar-refractivity contribution in [1.82, 2.24) is 9.88 Å². The van der Waals surface area contributed by atoms with Gasteiger partial charge in [0.05, 0.1) is 18.0 Å². The molecule has 1 aromatic carbocycles. The first kappa shape index (κ1) is 15.5. The number of nitriles is 1. The molecule has 5 nitrogen and oxygen atoms in total. The van der Waals surface area contributed by atoms with Gasteiger partial charge in [0, 0.05) is 32.7 Å². The first-order valence-corrected chi connectivity index (χ1v) is 7.83. The summed E-state index contributed by atoms with van der Waals surface area (Å²) in [5, 5.41) is 19.1. The maximum atomic E-state index is 10.3. The highest BCUT2D eigenvalue weighted by molar-refractivity contribution is 5.46. The zero-order valence-corrected chi connectivity index (χ0v) is 13.0. The van der Waals surface area contributed by atoms with E-state index in [4.69, 9.17) is 5.26 Å². The van der Waals surface area contributed by atoms with Crippen LogP contribution in [0.15, 0.2) is 48.7 Å². The third kappa shape index (κ3) is 3.86. The average Bonchev–Trinajstić information content (AvgIpc) is 2.63. The lowest BCUT2D eigenvalue weighted by Crippen LogP contribution is -2.47. The van der Waals surface area contributed by atoms with Gasteiger partial charge in [0.25, 0.3) is 0 Å². The first-order valence-electron chi connectivity index (χ1n) is 7.83. The Balaban J connectivity index is 1.53. The second kappa shape index (κ2) is 7.23. The van der Waals surface area contributed by atoms with E-state index in [0.717, 1.165) is 37.4 Å². The molecule has 0 aliphatic carbocycles. The van der Waals surface area contributed by atoms with Crippen LogP contribution >= 0.6 is 0 Å². The molecular formula is C18H20N4O. The van der Waals surface area contributed by atoms with Crippen LogP contribution in [0, 0.1) is 11.3 Å². The van der Waals surface area contributed by atoms with Gasteiger partial charge in [0.1, 0.15) is 11.8 Å². The number of nitrogens with zero attached hydrogens (tertiary/aromatic N) is 4. The maximum Gasteiger partial charge on any atom is 0.140 e. The third-order valence-electron chi connectivity index (χ3n) is 4.22. The molecule has 0 spiro atoms. The number of aliphatic hydroxyl groups is 1. The molecule has 0 radical (unpaired) electrons. The smallest absolute Gasteiger partial charge is 0.140 e. The fourth-order valence-electron chi connectivity index (χ4n) is 2.85. The van der Waals surface area contributed by atoms with Crippen molar-refractivity contribution in [2.45, 2.75) is 6.10 Å². The van der Waals surface area contributed by atoms with E-state index < -0.39 is 6.10 Å². The standard InChI is InChI=1S/C18H20N4O/c19-12-16-6-7-17(13-20-16)22-10-8-21(9-11-22)14-18(23)15-4-2-1-3-5-15/h1-7,13,18,23H,8-11,14H2. The molecule has 1 unspecified atom stereocenters. The van der Waals surface area contributed by atoms with Gasteiger partial charge in [-0.2, -0.15) is 5.26 Å². The number of rotatable bonds is 4. The number of piperazine rings is 1. The van der Waals surface area contributed by atoms with Gasteiger partial charge in [-0.1, -0.05) is 30.3 Å². The van der Waals surface area contributed by atoms with E-state index in [-0.39, 0.29) is 0 Å².